The molecule has 0 bridgehead atoms. The monoisotopic (exact) mass is 289 g/mol. The summed E-state index contributed by atoms with van der Waals surface area (Å²) in [6, 6.07) is 5.77. The Labute approximate surface area is 123 Å². The van der Waals surface area contributed by atoms with Crippen LogP contribution in [0.4, 0.5) is 10.5 Å². The van der Waals surface area contributed by atoms with E-state index >= 15 is 0 Å². The Morgan fingerprint density at radius 1 is 1.33 bits per heavy atom. The quantitative estimate of drug-likeness (QED) is 0.848. The smallest absolute Gasteiger partial charge is 0.324 e. The van der Waals surface area contributed by atoms with Crippen LogP contribution in [-0.2, 0) is 4.79 Å². The SMILES string of the molecule is Cc1ccc2c(c1)N(CCN1C(=O)CNC1=O)C[C@@H](C)O2. The van der Waals surface area contributed by atoms with Gasteiger partial charge in [0.2, 0.25) is 5.91 Å². The summed E-state index contributed by atoms with van der Waals surface area (Å²) < 4.78 is 5.83. The molecule has 0 radical (unpaired) electrons. The number of carbonyl (C=O) groups excluding carboxylic acids is 2. The summed E-state index contributed by atoms with van der Waals surface area (Å²) >= 11 is 0. The zero-order valence-electron chi connectivity index (χ0n) is 12.3. The topological polar surface area (TPSA) is 61.9 Å². The average Bonchev–Trinajstić information content (AvgIpc) is 2.76. The van der Waals surface area contributed by atoms with Gasteiger partial charge < -0.3 is 15.0 Å². The minimum Gasteiger partial charge on any atom is -0.487 e. The minimum absolute atomic E-state index is 0.0864. The lowest BCUT2D eigenvalue weighted by Crippen LogP contribution is -2.44. The number of imide groups is 1. The molecule has 3 amide bonds. The van der Waals surface area contributed by atoms with Gasteiger partial charge in [0, 0.05) is 13.1 Å². The van der Waals surface area contributed by atoms with Crippen molar-refractivity contribution in [1.82, 2.24) is 10.2 Å². The van der Waals surface area contributed by atoms with E-state index in [1.807, 2.05) is 26.0 Å². The van der Waals surface area contributed by atoms with Crippen LogP contribution in [0.2, 0.25) is 0 Å². The number of hydrogen-bond donors (Lipinski definition) is 1. The van der Waals surface area contributed by atoms with Gasteiger partial charge in [0.1, 0.15) is 11.9 Å². The standard InChI is InChI=1S/C15H19N3O3/c1-10-3-4-13-12(7-10)17(9-11(2)21-13)5-6-18-14(19)8-16-15(18)20/h3-4,7,11H,5-6,8-9H2,1-2H3,(H,16,20)/t11-/m1/s1. The summed E-state index contributed by atoms with van der Waals surface area (Å²) in [4.78, 5) is 26.6. The second-order valence-corrected chi connectivity index (χ2v) is 5.55. The van der Waals surface area contributed by atoms with E-state index in [0.717, 1.165) is 23.5 Å². The van der Waals surface area contributed by atoms with Crippen molar-refractivity contribution in [3.05, 3.63) is 23.8 Å². The van der Waals surface area contributed by atoms with Gasteiger partial charge in [0.15, 0.2) is 0 Å². The number of ether oxygens (including phenoxy) is 1. The fraction of sp³-hybridized carbons (Fsp3) is 0.467. The third-order valence-electron chi connectivity index (χ3n) is 3.79. The maximum Gasteiger partial charge on any atom is 0.324 e. The number of aryl methyl sites for hydroxylation is 1. The summed E-state index contributed by atoms with van der Waals surface area (Å²) in [6.07, 6.45) is 0.0864. The Morgan fingerprint density at radius 3 is 2.86 bits per heavy atom. The first-order valence-electron chi connectivity index (χ1n) is 7.15. The third kappa shape index (κ3) is 2.66. The second kappa shape index (κ2) is 5.27. The summed E-state index contributed by atoms with van der Waals surface area (Å²) in [6.45, 7) is 5.92. The highest BCUT2D eigenvalue weighted by molar-refractivity contribution is 6.01. The Morgan fingerprint density at radius 2 is 2.14 bits per heavy atom. The molecule has 0 saturated carbocycles. The Kier molecular flexibility index (Phi) is 3.45. The lowest BCUT2D eigenvalue weighted by molar-refractivity contribution is -0.124. The zero-order chi connectivity index (χ0) is 15.0. The number of benzene rings is 1. The first kappa shape index (κ1) is 13.7. The van der Waals surface area contributed by atoms with E-state index in [4.69, 9.17) is 4.74 Å². The summed E-state index contributed by atoms with van der Waals surface area (Å²) in [5.41, 5.74) is 2.19. The van der Waals surface area contributed by atoms with Crippen LogP contribution in [0.25, 0.3) is 0 Å². The number of fused-ring (bicyclic) bond motifs is 1. The van der Waals surface area contributed by atoms with Crippen LogP contribution in [0, 0.1) is 6.92 Å². The predicted molar refractivity (Wildman–Crippen MR) is 78.6 cm³/mol. The zero-order valence-corrected chi connectivity index (χ0v) is 12.3. The largest absolute Gasteiger partial charge is 0.487 e. The molecule has 2 heterocycles. The summed E-state index contributed by atoms with van der Waals surface area (Å²) in [5, 5.41) is 2.54. The molecule has 0 unspecified atom stereocenters. The normalized spacial score (nSPS) is 21.1. The lowest BCUT2D eigenvalue weighted by atomic mass is 10.1. The molecule has 1 fully saturated rings. The molecule has 6 heteroatoms. The van der Waals surface area contributed by atoms with Crippen molar-refractivity contribution in [1.29, 1.82) is 0 Å². The molecule has 1 atom stereocenters. The van der Waals surface area contributed by atoms with Gasteiger partial charge in [-0.1, -0.05) is 6.07 Å². The molecule has 0 aliphatic carbocycles. The van der Waals surface area contributed by atoms with E-state index in [-0.39, 0.29) is 24.6 Å². The number of anilines is 1. The van der Waals surface area contributed by atoms with Crippen molar-refractivity contribution in [3.8, 4) is 5.75 Å². The van der Waals surface area contributed by atoms with Crippen LogP contribution in [0.1, 0.15) is 12.5 Å². The van der Waals surface area contributed by atoms with Gasteiger partial charge in [0.25, 0.3) is 0 Å². The molecule has 112 valence electrons. The average molecular weight is 289 g/mol. The van der Waals surface area contributed by atoms with Crippen LogP contribution < -0.4 is 15.0 Å². The molecular formula is C15H19N3O3. The minimum atomic E-state index is -0.300. The Balaban J connectivity index is 1.75. The number of rotatable bonds is 3. The molecular weight excluding hydrogens is 270 g/mol. The maximum absolute atomic E-state index is 11.6. The van der Waals surface area contributed by atoms with Gasteiger partial charge in [-0.2, -0.15) is 0 Å². The van der Waals surface area contributed by atoms with Crippen LogP contribution in [0.5, 0.6) is 5.75 Å². The van der Waals surface area contributed by atoms with Crippen molar-refractivity contribution < 1.29 is 14.3 Å². The van der Waals surface area contributed by atoms with E-state index < -0.39 is 0 Å². The van der Waals surface area contributed by atoms with Crippen LogP contribution in [0.15, 0.2) is 18.2 Å². The molecule has 0 spiro atoms. The van der Waals surface area contributed by atoms with Gasteiger partial charge in [-0.25, -0.2) is 4.79 Å². The van der Waals surface area contributed by atoms with Gasteiger partial charge in [0.05, 0.1) is 18.8 Å². The lowest BCUT2D eigenvalue weighted by Gasteiger charge is -2.35. The number of hydrogen-bond acceptors (Lipinski definition) is 4. The van der Waals surface area contributed by atoms with E-state index in [9.17, 15) is 9.59 Å². The molecule has 2 aliphatic heterocycles. The molecule has 21 heavy (non-hydrogen) atoms. The number of urea groups is 1. The third-order valence-corrected chi connectivity index (χ3v) is 3.79. The van der Waals surface area contributed by atoms with Gasteiger partial charge in [-0.15, -0.1) is 0 Å². The molecule has 1 aromatic carbocycles. The highest BCUT2D eigenvalue weighted by Gasteiger charge is 2.30. The van der Waals surface area contributed by atoms with Crippen molar-refractivity contribution >= 4 is 17.6 Å². The van der Waals surface area contributed by atoms with Crippen LogP contribution in [-0.4, -0.2) is 49.1 Å². The van der Waals surface area contributed by atoms with E-state index in [1.165, 1.54) is 4.90 Å². The van der Waals surface area contributed by atoms with Crippen molar-refractivity contribution in [2.75, 3.05) is 31.1 Å². The number of carbonyl (C=O) groups is 2. The fourth-order valence-corrected chi connectivity index (χ4v) is 2.75. The molecule has 2 aliphatic rings. The van der Waals surface area contributed by atoms with Gasteiger partial charge in [-0.3, -0.25) is 9.69 Å². The van der Waals surface area contributed by atoms with E-state index in [1.54, 1.807) is 0 Å². The molecule has 3 rings (SSSR count). The number of nitrogens with one attached hydrogen (secondary N) is 1. The number of nitrogens with zero attached hydrogens (tertiary/aromatic N) is 2. The highest BCUT2D eigenvalue weighted by atomic mass is 16.5. The van der Waals surface area contributed by atoms with Gasteiger partial charge >= 0.3 is 6.03 Å². The molecule has 6 nitrogen and oxygen atoms in total. The van der Waals surface area contributed by atoms with Crippen molar-refractivity contribution in [2.24, 2.45) is 0 Å². The van der Waals surface area contributed by atoms with E-state index in [2.05, 4.69) is 16.3 Å². The van der Waals surface area contributed by atoms with E-state index in [0.29, 0.717) is 13.1 Å². The molecule has 1 aromatic rings. The predicted octanol–water partition coefficient (Wildman–Crippen LogP) is 1.13. The summed E-state index contributed by atoms with van der Waals surface area (Å²) in [5.74, 6) is 0.697. The van der Waals surface area contributed by atoms with Crippen molar-refractivity contribution in [3.63, 3.8) is 0 Å². The second-order valence-electron chi connectivity index (χ2n) is 5.55. The van der Waals surface area contributed by atoms with Gasteiger partial charge in [-0.05, 0) is 31.5 Å². The maximum atomic E-state index is 11.6. The van der Waals surface area contributed by atoms with Crippen LogP contribution in [0.3, 0.4) is 0 Å². The molecule has 1 N–H and O–H groups in total. The van der Waals surface area contributed by atoms with Crippen molar-refractivity contribution in [2.45, 2.75) is 20.0 Å². The number of amides is 3. The Hall–Kier alpha value is -2.24. The highest BCUT2D eigenvalue weighted by Crippen LogP contribution is 2.34. The first-order chi connectivity index (χ1) is 10.0. The fourth-order valence-electron chi connectivity index (χ4n) is 2.75. The summed E-state index contributed by atoms with van der Waals surface area (Å²) in [7, 11) is 0. The first-order valence-corrected chi connectivity index (χ1v) is 7.15. The van der Waals surface area contributed by atoms with Crippen LogP contribution >= 0.6 is 0 Å². The molecule has 1 saturated heterocycles. The molecule has 0 aromatic heterocycles. The Bertz CT molecular complexity index is 572.